The molecule has 0 unspecified atom stereocenters. The number of nitrogens with zero attached hydrogens (tertiary/aromatic N) is 1. The maximum Gasteiger partial charge on any atom is 0.411 e. The zero-order valence-electron chi connectivity index (χ0n) is 7.68. The molecule has 0 aromatic carbocycles. The molecular formula is C7H6BrF3N2O2S. The van der Waals surface area contributed by atoms with Crippen LogP contribution in [-0.2, 0) is 9.53 Å². The summed E-state index contributed by atoms with van der Waals surface area (Å²) in [6, 6.07) is 0. The monoisotopic (exact) mass is 318 g/mol. The number of alkyl halides is 3. The molecule has 1 aromatic rings. The van der Waals surface area contributed by atoms with Crippen molar-refractivity contribution >= 4 is 38.3 Å². The van der Waals surface area contributed by atoms with Crippen LogP contribution in [0.4, 0.5) is 18.3 Å². The first-order valence-electron chi connectivity index (χ1n) is 3.92. The molecule has 0 aliphatic carbocycles. The molecule has 16 heavy (non-hydrogen) atoms. The van der Waals surface area contributed by atoms with Crippen LogP contribution < -0.4 is 5.32 Å². The van der Waals surface area contributed by atoms with Crippen molar-refractivity contribution in [3.8, 4) is 0 Å². The maximum atomic E-state index is 11.7. The Kier molecular flexibility index (Phi) is 4.69. The zero-order valence-corrected chi connectivity index (χ0v) is 10.1. The summed E-state index contributed by atoms with van der Waals surface area (Å²) < 4.78 is 39.9. The first kappa shape index (κ1) is 13.4. The van der Waals surface area contributed by atoms with Crippen molar-refractivity contribution < 1.29 is 22.7 Å². The highest BCUT2D eigenvalue weighted by Crippen LogP contribution is 2.22. The number of ether oxygens (including phenoxy) is 1. The number of thiazole rings is 1. The Morgan fingerprint density at radius 3 is 2.81 bits per heavy atom. The molecule has 0 atom stereocenters. The van der Waals surface area contributed by atoms with Gasteiger partial charge in [-0.1, -0.05) is 11.3 Å². The molecular weight excluding hydrogens is 313 g/mol. The largest absolute Gasteiger partial charge is 0.411 e. The second-order valence-corrected chi connectivity index (χ2v) is 5.04. The fraction of sp³-hybridized carbons (Fsp3) is 0.429. The van der Waals surface area contributed by atoms with Crippen LogP contribution in [0.1, 0.15) is 0 Å². The fourth-order valence-electron chi connectivity index (χ4n) is 0.727. The molecule has 90 valence electrons. The number of rotatable bonds is 4. The normalized spacial score (nSPS) is 11.5. The van der Waals surface area contributed by atoms with Crippen LogP contribution in [0.25, 0.3) is 0 Å². The van der Waals surface area contributed by atoms with Gasteiger partial charge in [-0.2, -0.15) is 13.2 Å². The van der Waals surface area contributed by atoms with Gasteiger partial charge in [0.25, 0.3) is 5.91 Å². The van der Waals surface area contributed by atoms with Crippen LogP contribution in [-0.4, -0.2) is 30.3 Å². The van der Waals surface area contributed by atoms with E-state index >= 15 is 0 Å². The maximum absolute atomic E-state index is 11.7. The van der Waals surface area contributed by atoms with Crippen molar-refractivity contribution in [1.82, 2.24) is 4.98 Å². The number of nitrogens with one attached hydrogen (secondary N) is 1. The molecule has 0 aliphatic rings. The third-order valence-electron chi connectivity index (χ3n) is 1.22. The minimum atomic E-state index is -4.43. The lowest BCUT2D eigenvalue weighted by Gasteiger charge is -2.06. The second kappa shape index (κ2) is 5.60. The summed E-state index contributed by atoms with van der Waals surface area (Å²) in [5.41, 5.74) is 0. The van der Waals surface area contributed by atoms with Gasteiger partial charge in [-0.3, -0.25) is 10.1 Å². The molecule has 0 radical (unpaired) electrons. The quantitative estimate of drug-likeness (QED) is 0.927. The Hall–Kier alpha value is -0.670. The fourth-order valence-corrected chi connectivity index (χ4v) is 1.85. The van der Waals surface area contributed by atoms with E-state index in [1.807, 2.05) is 0 Å². The summed E-state index contributed by atoms with van der Waals surface area (Å²) in [7, 11) is 0. The Morgan fingerprint density at radius 2 is 2.31 bits per heavy atom. The van der Waals surface area contributed by atoms with Crippen LogP contribution in [0.15, 0.2) is 9.98 Å². The summed E-state index contributed by atoms with van der Waals surface area (Å²) in [6.07, 6.45) is -2.96. The van der Waals surface area contributed by atoms with E-state index in [4.69, 9.17) is 0 Å². The molecule has 0 bridgehead atoms. The van der Waals surface area contributed by atoms with Gasteiger partial charge in [0, 0.05) is 0 Å². The van der Waals surface area contributed by atoms with Gasteiger partial charge >= 0.3 is 6.18 Å². The lowest BCUT2D eigenvalue weighted by atomic mass is 10.6. The van der Waals surface area contributed by atoms with Gasteiger partial charge in [-0.05, 0) is 15.9 Å². The minimum Gasteiger partial charge on any atom is -0.362 e. The number of hydrogen-bond acceptors (Lipinski definition) is 4. The number of amides is 1. The number of anilines is 1. The Balaban J connectivity index is 2.26. The van der Waals surface area contributed by atoms with Crippen LogP contribution in [0.2, 0.25) is 0 Å². The topological polar surface area (TPSA) is 51.2 Å². The molecule has 9 heteroatoms. The van der Waals surface area contributed by atoms with Crippen molar-refractivity contribution in [3.63, 3.8) is 0 Å². The summed E-state index contributed by atoms with van der Waals surface area (Å²) in [5, 5.41) is 2.59. The van der Waals surface area contributed by atoms with Crippen LogP contribution in [0, 0.1) is 0 Å². The van der Waals surface area contributed by atoms with Crippen LogP contribution in [0.3, 0.4) is 0 Å². The lowest BCUT2D eigenvalue weighted by molar-refractivity contribution is -0.174. The molecule has 0 saturated carbocycles. The van der Waals surface area contributed by atoms with E-state index in [1.165, 1.54) is 6.20 Å². The first-order chi connectivity index (χ1) is 7.37. The van der Waals surface area contributed by atoms with Crippen LogP contribution in [0.5, 0.6) is 0 Å². The van der Waals surface area contributed by atoms with Crippen molar-refractivity contribution in [1.29, 1.82) is 0 Å². The van der Waals surface area contributed by atoms with E-state index in [-0.39, 0.29) is 0 Å². The highest BCUT2D eigenvalue weighted by Gasteiger charge is 2.27. The van der Waals surface area contributed by atoms with E-state index in [9.17, 15) is 18.0 Å². The van der Waals surface area contributed by atoms with E-state index in [1.54, 1.807) is 0 Å². The van der Waals surface area contributed by atoms with Crippen molar-refractivity contribution in [2.75, 3.05) is 18.5 Å². The molecule has 1 amide bonds. The van der Waals surface area contributed by atoms with Crippen molar-refractivity contribution in [2.45, 2.75) is 6.18 Å². The number of aromatic nitrogens is 1. The molecule has 1 aromatic heterocycles. The average molecular weight is 319 g/mol. The predicted octanol–water partition coefficient (Wildman–Crippen LogP) is 2.42. The number of hydrogen-bond donors (Lipinski definition) is 1. The predicted molar refractivity (Wildman–Crippen MR) is 55.3 cm³/mol. The Labute approximate surface area is 101 Å². The number of halogens is 4. The summed E-state index contributed by atoms with van der Waals surface area (Å²) in [4.78, 5) is 14.8. The van der Waals surface area contributed by atoms with E-state index in [0.29, 0.717) is 8.92 Å². The summed E-state index contributed by atoms with van der Waals surface area (Å²) >= 11 is 4.28. The lowest BCUT2D eigenvalue weighted by Crippen LogP contribution is -2.23. The highest BCUT2D eigenvalue weighted by molar-refractivity contribution is 9.11. The molecule has 1 rings (SSSR count). The van der Waals surface area contributed by atoms with E-state index < -0.39 is 25.3 Å². The number of carbonyl (C=O) groups is 1. The van der Waals surface area contributed by atoms with Gasteiger partial charge in [-0.25, -0.2) is 4.98 Å². The van der Waals surface area contributed by atoms with Gasteiger partial charge in [0.2, 0.25) is 0 Å². The third-order valence-corrected chi connectivity index (χ3v) is 2.61. The van der Waals surface area contributed by atoms with Gasteiger partial charge in [0.1, 0.15) is 13.2 Å². The molecule has 0 aliphatic heterocycles. The molecule has 0 spiro atoms. The van der Waals surface area contributed by atoms with Crippen LogP contribution >= 0.6 is 27.3 Å². The van der Waals surface area contributed by atoms with Gasteiger partial charge in [-0.15, -0.1) is 0 Å². The average Bonchev–Trinajstić information content (AvgIpc) is 2.48. The molecule has 1 heterocycles. The highest BCUT2D eigenvalue weighted by atomic mass is 79.9. The van der Waals surface area contributed by atoms with Crippen molar-refractivity contribution in [3.05, 3.63) is 9.98 Å². The van der Waals surface area contributed by atoms with Crippen molar-refractivity contribution in [2.24, 2.45) is 0 Å². The molecule has 0 fully saturated rings. The summed E-state index contributed by atoms with van der Waals surface area (Å²) in [6.45, 7) is -2.10. The Bertz CT molecular complexity index is 369. The van der Waals surface area contributed by atoms with E-state index in [0.717, 1.165) is 11.3 Å². The molecule has 1 N–H and O–H groups in total. The smallest absolute Gasteiger partial charge is 0.362 e. The third kappa shape index (κ3) is 5.42. The van der Waals surface area contributed by atoms with E-state index in [2.05, 4.69) is 31.0 Å². The first-order valence-corrected chi connectivity index (χ1v) is 5.53. The van der Waals surface area contributed by atoms with Gasteiger partial charge in [0.05, 0.1) is 9.98 Å². The Morgan fingerprint density at radius 1 is 1.62 bits per heavy atom. The summed E-state index contributed by atoms with van der Waals surface area (Å²) in [5.74, 6) is -0.675. The molecule has 4 nitrogen and oxygen atoms in total. The molecule has 0 saturated heterocycles. The van der Waals surface area contributed by atoms with Gasteiger partial charge < -0.3 is 4.74 Å². The van der Waals surface area contributed by atoms with Gasteiger partial charge in [0.15, 0.2) is 5.13 Å². The minimum absolute atomic E-state index is 0.299. The standard InChI is InChI=1S/C7H6BrF3N2O2S/c8-4-1-12-6(16-4)13-5(14)2-15-3-7(9,10)11/h1H,2-3H2,(H,12,13,14). The SMILES string of the molecule is O=C(COCC(F)(F)F)Nc1ncc(Br)s1. The number of carbonyl (C=O) groups excluding carboxylic acids is 1. The second-order valence-electron chi connectivity index (χ2n) is 2.63. The zero-order chi connectivity index (χ0) is 12.2.